The molecule has 7 aromatic carbocycles. The van der Waals surface area contributed by atoms with E-state index in [0.29, 0.717) is 16.7 Å². The summed E-state index contributed by atoms with van der Waals surface area (Å²) in [5.74, 6) is 0.385. The van der Waals surface area contributed by atoms with Crippen molar-refractivity contribution in [3.05, 3.63) is 139 Å². The fourth-order valence-electron chi connectivity index (χ4n) is 6.17. The van der Waals surface area contributed by atoms with Crippen LogP contribution < -0.4 is 0 Å². The highest BCUT2D eigenvalue weighted by Crippen LogP contribution is 2.40. The van der Waals surface area contributed by atoms with Gasteiger partial charge in [-0.25, -0.2) is 15.0 Å². The van der Waals surface area contributed by atoms with E-state index < -0.39 is 23.5 Å². The summed E-state index contributed by atoms with van der Waals surface area (Å²) in [5.41, 5.74) is 1.53. The van der Waals surface area contributed by atoms with E-state index >= 15 is 0 Å². The molecular weight excluding hydrogens is 624 g/mol. The molecule has 0 fully saturated rings. The van der Waals surface area contributed by atoms with Crippen molar-refractivity contribution in [3.8, 4) is 45.3 Å². The zero-order chi connectivity index (χ0) is 33.2. The second-order valence-corrected chi connectivity index (χ2v) is 11.5. The maximum Gasteiger partial charge on any atom is 0.416 e. The van der Waals surface area contributed by atoms with Crippen LogP contribution in [0, 0.1) is 0 Å². The van der Waals surface area contributed by atoms with Gasteiger partial charge in [-0.15, -0.1) is 0 Å². The molecule has 9 heteroatoms. The van der Waals surface area contributed by atoms with Crippen LogP contribution in [0.25, 0.3) is 77.6 Å². The van der Waals surface area contributed by atoms with Crippen LogP contribution in [0.2, 0.25) is 0 Å². The minimum Gasteiger partial charge on any atom is -0.208 e. The van der Waals surface area contributed by atoms with Gasteiger partial charge in [-0.1, -0.05) is 103 Å². The Morgan fingerprint density at radius 3 is 1.19 bits per heavy atom. The predicted molar refractivity (Wildman–Crippen MR) is 175 cm³/mol. The van der Waals surface area contributed by atoms with Crippen molar-refractivity contribution >= 4 is 32.3 Å². The monoisotopic (exact) mass is 645 g/mol. The number of alkyl halides is 6. The lowest BCUT2D eigenvalue weighted by Gasteiger charge is -2.14. The largest absolute Gasteiger partial charge is 0.416 e. The van der Waals surface area contributed by atoms with Crippen LogP contribution in [0.4, 0.5) is 26.3 Å². The van der Waals surface area contributed by atoms with Gasteiger partial charge in [0.1, 0.15) is 0 Å². The maximum atomic E-state index is 13.2. The molecule has 3 nitrogen and oxygen atoms in total. The quantitative estimate of drug-likeness (QED) is 0.141. The molecule has 0 saturated heterocycles. The van der Waals surface area contributed by atoms with Gasteiger partial charge in [-0.05, 0) is 67.7 Å². The van der Waals surface area contributed by atoms with Gasteiger partial charge >= 0.3 is 12.4 Å². The van der Waals surface area contributed by atoms with Crippen molar-refractivity contribution in [1.82, 2.24) is 15.0 Å². The molecule has 1 aromatic heterocycles. The van der Waals surface area contributed by atoms with Crippen molar-refractivity contribution in [3.63, 3.8) is 0 Å². The third kappa shape index (κ3) is 5.17. The van der Waals surface area contributed by atoms with Crippen molar-refractivity contribution in [2.75, 3.05) is 0 Å². The second kappa shape index (κ2) is 10.9. The number of hydrogen-bond acceptors (Lipinski definition) is 3. The van der Waals surface area contributed by atoms with Crippen LogP contribution in [0.15, 0.2) is 127 Å². The first-order chi connectivity index (χ1) is 23.0. The van der Waals surface area contributed by atoms with E-state index in [4.69, 9.17) is 0 Å². The highest BCUT2D eigenvalue weighted by atomic mass is 19.4. The molecule has 1 heterocycles. The average Bonchev–Trinajstić information content (AvgIpc) is 3.10. The van der Waals surface area contributed by atoms with Gasteiger partial charge in [0.15, 0.2) is 17.5 Å². The first kappa shape index (κ1) is 29.6. The summed E-state index contributed by atoms with van der Waals surface area (Å²) < 4.78 is 79.4. The molecule has 0 unspecified atom stereocenters. The molecule has 0 aliphatic rings. The Morgan fingerprint density at radius 2 is 0.729 bits per heavy atom. The number of rotatable bonds is 4. The summed E-state index contributed by atoms with van der Waals surface area (Å²) in [5, 5.41) is 6.99. The summed E-state index contributed by atoms with van der Waals surface area (Å²) in [4.78, 5) is 13.6. The van der Waals surface area contributed by atoms with E-state index in [0.717, 1.165) is 46.2 Å². The van der Waals surface area contributed by atoms with E-state index in [9.17, 15) is 26.3 Å². The topological polar surface area (TPSA) is 38.7 Å². The number of aromatic nitrogens is 3. The average molecular weight is 646 g/mol. The van der Waals surface area contributed by atoms with Gasteiger partial charge in [-0.3, -0.25) is 0 Å². The normalized spacial score (nSPS) is 12.4. The number of benzene rings is 7. The Kier molecular flexibility index (Phi) is 6.70. The highest BCUT2D eigenvalue weighted by Gasteiger charge is 2.31. The number of nitrogens with zero attached hydrogens (tertiary/aromatic N) is 3. The Labute approximate surface area is 269 Å². The summed E-state index contributed by atoms with van der Waals surface area (Å²) in [6, 6.07) is 35.3. The standard InChI is InChI=1S/C39H21F6N3/c40-38(41,42)29-16-10-27(11-17-29)36-46-35(47-37(48-36)28-12-18-30(19-13-28)39(43,44)45)26-8-4-22(5-9-26)31-20-14-25-7-6-23-2-1-3-24-15-21-32(31)34(25)33(23)24/h1-21H. The Balaban J connectivity index is 1.22. The summed E-state index contributed by atoms with van der Waals surface area (Å²) in [7, 11) is 0. The van der Waals surface area contributed by atoms with Crippen LogP contribution in [-0.2, 0) is 12.4 Å². The molecule has 0 amide bonds. The van der Waals surface area contributed by atoms with Gasteiger partial charge in [0.25, 0.3) is 0 Å². The molecule has 0 radical (unpaired) electrons. The summed E-state index contributed by atoms with van der Waals surface area (Å²) in [6.07, 6.45) is -9.05. The third-order valence-electron chi connectivity index (χ3n) is 8.56. The molecule has 0 aliphatic heterocycles. The molecular formula is C39H21F6N3. The Morgan fingerprint density at radius 1 is 0.354 bits per heavy atom. The van der Waals surface area contributed by atoms with E-state index in [2.05, 4.69) is 69.5 Å². The minimum atomic E-state index is -4.52. The molecule has 8 aromatic rings. The zero-order valence-electron chi connectivity index (χ0n) is 24.7. The zero-order valence-corrected chi connectivity index (χ0v) is 24.7. The Bertz CT molecular complexity index is 2360. The lowest BCUT2D eigenvalue weighted by molar-refractivity contribution is -0.138. The SMILES string of the molecule is FC(F)(F)c1ccc(-c2nc(-c3ccc(-c4ccc5ccc6cccc7ccc4c5c67)cc3)nc(-c3ccc(C(F)(F)F)cc3)n2)cc1. The van der Waals surface area contributed by atoms with Crippen LogP contribution in [-0.4, -0.2) is 15.0 Å². The van der Waals surface area contributed by atoms with Crippen LogP contribution >= 0.6 is 0 Å². The summed E-state index contributed by atoms with van der Waals surface area (Å²) in [6.45, 7) is 0. The smallest absolute Gasteiger partial charge is 0.208 e. The molecule has 0 aliphatic carbocycles. The van der Waals surface area contributed by atoms with Crippen LogP contribution in [0.5, 0.6) is 0 Å². The van der Waals surface area contributed by atoms with Gasteiger partial charge in [0.2, 0.25) is 0 Å². The van der Waals surface area contributed by atoms with Gasteiger partial charge in [-0.2, -0.15) is 26.3 Å². The Hall–Kier alpha value is -5.83. The fourth-order valence-corrected chi connectivity index (χ4v) is 6.17. The highest BCUT2D eigenvalue weighted by molar-refractivity contribution is 6.25. The van der Waals surface area contributed by atoms with Crippen molar-refractivity contribution in [2.45, 2.75) is 12.4 Å². The molecule has 8 rings (SSSR count). The number of halogens is 6. The third-order valence-corrected chi connectivity index (χ3v) is 8.56. The van der Waals surface area contributed by atoms with Gasteiger partial charge in [0, 0.05) is 16.7 Å². The second-order valence-electron chi connectivity index (χ2n) is 11.5. The lowest BCUT2D eigenvalue weighted by Crippen LogP contribution is -2.05. The first-order valence-corrected chi connectivity index (χ1v) is 14.9. The minimum absolute atomic E-state index is 0.0828. The van der Waals surface area contributed by atoms with E-state index in [1.165, 1.54) is 45.8 Å². The van der Waals surface area contributed by atoms with Crippen molar-refractivity contribution in [2.24, 2.45) is 0 Å². The fraction of sp³-hybridized carbons (Fsp3) is 0.0513. The van der Waals surface area contributed by atoms with E-state index in [-0.39, 0.29) is 17.5 Å². The first-order valence-electron chi connectivity index (χ1n) is 14.9. The van der Waals surface area contributed by atoms with Gasteiger partial charge in [0.05, 0.1) is 11.1 Å². The summed E-state index contributed by atoms with van der Waals surface area (Å²) >= 11 is 0. The lowest BCUT2D eigenvalue weighted by atomic mass is 9.90. The molecule has 0 spiro atoms. The molecule has 48 heavy (non-hydrogen) atoms. The number of hydrogen-bond donors (Lipinski definition) is 0. The van der Waals surface area contributed by atoms with Crippen LogP contribution in [0.3, 0.4) is 0 Å². The van der Waals surface area contributed by atoms with Gasteiger partial charge < -0.3 is 0 Å². The predicted octanol–water partition coefficient (Wildman–Crippen LogP) is 11.5. The molecule has 0 bridgehead atoms. The van der Waals surface area contributed by atoms with Crippen molar-refractivity contribution in [1.29, 1.82) is 0 Å². The van der Waals surface area contributed by atoms with Crippen LogP contribution in [0.1, 0.15) is 11.1 Å². The molecule has 234 valence electrons. The molecule has 0 saturated carbocycles. The van der Waals surface area contributed by atoms with E-state index in [1.54, 1.807) is 0 Å². The molecule has 0 N–H and O–H groups in total. The van der Waals surface area contributed by atoms with E-state index in [1.807, 2.05) is 24.3 Å². The molecule has 0 atom stereocenters. The van der Waals surface area contributed by atoms with Crippen molar-refractivity contribution < 1.29 is 26.3 Å². The maximum absolute atomic E-state index is 13.2.